The van der Waals surface area contributed by atoms with Gasteiger partial charge in [-0.3, -0.25) is 15.1 Å². The van der Waals surface area contributed by atoms with E-state index in [2.05, 4.69) is 33.3 Å². The van der Waals surface area contributed by atoms with Crippen molar-refractivity contribution < 1.29 is 4.79 Å². The van der Waals surface area contributed by atoms with E-state index in [1.165, 1.54) is 31.2 Å². The maximum absolute atomic E-state index is 11.4. The van der Waals surface area contributed by atoms with Crippen LogP contribution in [0, 0.1) is 0 Å². The van der Waals surface area contributed by atoms with Gasteiger partial charge in [0, 0.05) is 22.6 Å². The van der Waals surface area contributed by atoms with E-state index in [4.69, 9.17) is 5.84 Å². The number of nitrogens with two attached hydrogens (primary N) is 1. The molecule has 1 aliphatic carbocycles. The van der Waals surface area contributed by atoms with Gasteiger partial charge in [0.25, 0.3) is 5.91 Å². The Kier molecular flexibility index (Phi) is 4.96. The van der Waals surface area contributed by atoms with E-state index in [0.29, 0.717) is 11.6 Å². The summed E-state index contributed by atoms with van der Waals surface area (Å²) in [6.45, 7) is 0.899. The maximum atomic E-state index is 11.4. The van der Waals surface area contributed by atoms with Crippen molar-refractivity contribution >= 4 is 21.8 Å². The van der Waals surface area contributed by atoms with Gasteiger partial charge in [-0.1, -0.05) is 34.8 Å². The molecule has 0 aromatic heterocycles. The molecule has 0 heterocycles. The quantitative estimate of drug-likeness (QED) is 0.508. The molecule has 1 saturated carbocycles. The van der Waals surface area contributed by atoms with Crippen LogP contribution >= 0.6 is 15.9 Å². The molecule has 0 aliphatic heterocycles. The molecule has 2 rings (SSSR count). The molecule has 3 N–H and O–H groups in total. The number of carbonyl (C=O) groups excluding carboxylic acids is 1. The molecule has 0 unspecified atom stereocenters. The van der Waals surface area contributed by atoms with Crippen LogP contribution < -0.4 is 11.3 Å². The van der Waals surface area contributed by atoms with Crippen LogP contribution in [-0.2, 0) is 6.54 Å². The number of rotatable bonds is 4. The number of hydrogen-bond donors (Lipinski definition) is 2. The summed E-state index contributed by atoms with van der Waals surface area (Å²) < 4.78 is 0.957. The number of nitrogens with one attached hydrogen (secondary N) is 1. The smallest absolute Gasteiger partial charge is 0.265 e. The van der Waals surface area contributed by atoms with Crippen LogP contribution in [0.15, 0.2) is 22.7 Å². The van der Waals surface area contributed by atoms with E-state index in [0.717, 1.165) is 11.0 Å². The molecular weight excluding hydrogens is 306 g/mol. The zero-order valence-electron chi connectivity index (χ0n) is 11.2. The molecule has 104 valence electrons. The predicted octanol–water partition coefficient (Wildman–Crippen LogP) is 2.43. The highest BCUT2D eigenvalue weighted by Gasteiger charge is 2.20. The average Bonchev–Trinajstić information content (AvgIpc) is 2.94. The minimum absolute atomic E-state index is 0.267. The number of amides is 1. The summed E-state index contributed by atoms with van der Waals surface area (Å²) in [4.78, 5) is 13.8. The zero-order valence-corrected chi connectivity index (χ0v) is 12.7. The second kappa shape index (κ2) is 6.50. The minimum Gasteiger partial charge on any atom is -0.299 e. The molecule has 1 aliphatic rings. The molecule has 0 radical (unpaired) electrons. The van der Waals surface area contributed by atoms with Crippen LogP contribution in [0.5, 0.6) is 0 Å². The summed E-state index contributed by atoms with van der Waals surface area (Å²) in [6, 6.07) is 6.31. The van der Waals surface area contributed by atoms with Crippen LogP contribution in [0.1, 0.15) is 41.6 Å². The first kappa shape index (κ1) is 14.5. The average molecular weight is 326 g/mol. The van der Waals surface area contributed by atoms with Gasteiger partial charge in [-0.05, 0) is 37.6 Å². The molecule has 4 nitrogen and oxygen atoms in total. The van der Waals surface area contributed by atoms with E-state index >= 15 is 0 Å². The van der Waals surface area contributed by atoms with Crippen LogP contribution in [0.4, 0.5) is 0 Å². The lowest BCUT2D eigenvalue weighted by atomic mass is 10.1. The fourth-order valence-electron chi connectivity index (χ4n) is 2.64. The Balaban J connectivity index is 2.06. The van der Waals surface area contributed by atoms with Crippen LogP contribution in [-0.4, -0.2) is 23.9 Å². The standard InChI is InChI=1S/C14H20BrN3O/c1-18(12-4-2-3-5-12)9-11-7-6-10(8-13(11)15)14(19)17-16/h6-8,12H,2-5,9,16H2,1H3,(H,17,19). The van der Waals surface area contributed by atoms with Gasteiger partial charge in [0.1, 0.15) is 0 Å². The number of nitrogen functional groups attached to an aromatic ring is 1. The van der Waals surface area contributed by atoms with Gasteiger partial charge < -0.3 is 0 Å². The van der Waals surface area contributed by atoms with Gasteiger partial charge in [0.15, 0.2) is 0 Å². The van der Waals surface area contributed by atoms with Gasteiger partial charge in [-0.25, -0.2) is 5.84 Å². The van der Waals surface area contributed by atoms with Crippen molar-refractivity contribution in [2.75, 3.05) is 7.05 Å². The third-order valence-electron chi connectivity index (χ3n) is 3.81. The molecule has 0 bridgehead atoms. The SMILES string of the molecule is CN(Cc1ccc(C(=O)NN)cc1Br)C1CCCC1. The van der Waals surface area contributed by atoms with Crippen LogP contribution in [0.2, 0.25) is 0 Å². The first-order valence-corrected chi connectivity index (χ1v) is 7.40. The second-order valence-electron chi connectivity index (χ2n) is 5.13. The number of carbonyl (C=O) groups is 1. The van der Waals surface area contributed by atoms with Gasteiger partial charge in [-0.15, -0.1) is 0 Å². The molecular formula is C14H20BrN3O. The Morgan fingerprint density at radius 3 is 2.74 bits per heavy atom. The van der Waals surface area contributed by atoms with Crippen molar-refractivity contribution in [2.45, 2.75) is 38.3 Å². The molecule has 0 atom stereocenters. The van der Waals surface area contributed by atoms with Crippen LogP contribution in [0.25, 0.3) is 0 Å². The number of hydrazine groups is 1. The second-order valence-corrected chi connectivity index (χ2v) is 5.99. The van der Waals surface area contributed by atoms with Gasteiger partial charge >= 0.3 is 0 Å². The Labute approximate surface area is 122 Å². The summed E-state index contributed by atoms with van der Waals surface area (Å²) in [5, 5.41) is 0. The Hall–Kier alpha value is -0.910. The number of nitrogens with zero attached hydrogens (tertiary/aromatic N) is 1. The van der Waals surface area contributed by atoms with Gasteiger partial charge in [0.05, 0.1) is 0 Å². The summed E-state index contributed by atoms with van der Waals surface area (Å²) in [6.07, 6.45) is 5.27. The van der Waals surface area contributed by atoms with E-state index < -0.39 is 0 Å². The first-order valence-electron chi connectivity index (χ1n) is 6.61. The van der Waals surface area contributed by atoms with Gasteiger partial charge in [-0.2, -0.15) is 0 Å². The molecule has 1 amide bonds. The molecule has 1 fully saturated rings. The number of benzene rings is 1. The Bertz CT molecular complexity index is 458. The lowest BCUT2D eigenvalue weighted by molar-refractivity contribution is 0.0953. The van der Waals surface area contributed by atoms with E-state index in [1.54, 1.807) is 0 Å². The highest BCUT2D eigenvalue weighted by atomic mass is 79.9. The molecule has 19 heavy (non-hydrogen) atoms. The largest absolute Gasteiger partial charge is 0.299 e. The Morgan fingerprint density at radius 2 is 2.16 bits per heavy atom. The van der Waals surface area contributed by atoms with Crippen molar-refractivity contribution in [3.8, 4) is 0 Å². The Morgan fingerprint density at radius 1 is 1.47 bits per heavy atom. The van der Waals surface area contributed by atoms with Gasteiger partial charge in [0.2, 0.25) is 0 Å². The molecule has 0 spiro atoms. The summed E-state index contributed by atoms with van der Waals surface area (Å²) in [5.74, 6) is 4.87. The van der Waals surface area contributed by atoms with Crippen molar-refractivity contribution in [2.24, 2.45) is 5.84 Å². The summed E-state index contributed by atoms with van der Waals surface area (Å²) >= 11 is 3.53. The van der Waals surface area contributed by atoms with Crippen molar-refractivity contribution in [3.05, 3.63) is 33.8 Å². The normalized spacial score (nSPS) is 16.0. The highest BCUT2D eigenvalue weighted by molar-refractivity contribution is 9.10. The monoisotopic (exact) mass is 325 g/mol. The highest BCUT2D eigenvalue weighted by Crippen LogP contribution is 2.26. The predicted molar refractivity (Wildman–Crippen MR) is 79.5 cm³/mol. The fraction of sp³-hybridized carbons (Fsp3) is 0.500. The molecule has 1 aromatic carbocycles. The number of hydrogen-bond acceptors (Lipinski definition) is 3. The van der Waals surface area contributed by atoms with Crippen molar-refractivity contribution in [3.63, 3.8) is 0 Å². The first-order chi connectivity index (χ1) is 9.11. The molecule has 0 saturated heterocycles. The van der Waals surface area contributed by atoms with E-state index in [9.17, 15) is 4.79 Å². The van der Waals surface area contributed by atoms with E-state index in [-0.39, 0.29) is 5.91 Å². The lowest BCUT2D eigenvalue weighted by Gasteiger charge is -2.24. The fourth-order valence-corrected chi connectivity index (χ4v) is 3.15. The third-order valence-corrected chi connectivity index (χ3v) is 4.55. The van der Waals surface area contributed by atoms with Crippen molar-refractivity contribution in [1.82, 2.24) is 10.3 Å². The third kappa shape index (κ3) is 3.55. The lowest BCUT2D eigenvalue weighted by Crippen LogP contribution is -2.30. The van der Waals surface area contributed by atoms with Crippen molar-refractivity contribution in [1.29, 1.82) is 0 Å². The summed E-state index contributed by atoms with van der Waals surface area (Å²) in [7, 11) is 2.17. The maximum Gasteiger partial charge on any atom is 0.265 e. The molecule has 1 aromatic rings. The van der Waals surface area contributed by atoms with Crippen LogP contribution in [0.3, 0.4) is 0 Å². The zero-order chi connectivity index (χ0) is 13.8. The van der Waals surface area contributed by atoms with E-state index in [1.807, 2.05) is 18.2 Å². The minimum atomic E-state index is -0.267. The summed E-state index contributed by atoms with van der Waals surface area (Å²) in [5.41, 5.74) is 3.91. The topological polar surface area (TPSA) is 58.4 Å². The molecule has 5 heteroatoms. The number of halogens is 1.